The van der Waals surface area contributed by atoms with E-state index in [1.807, 2.05) is 0 Å². The van der Waals surface area contributed by atoms with Crippen LogP contribution in [0.25, 0.3) is 0 Å². The van der Waals surface area contributed by atoms with E-state index in [4.69, 9.17) is 4.74 Å². The number of sulfonamides is 1. The van der Waals surface area contributed by atoms with Crippen LogP contribution in [0.5, 0.6) is 0 Å². The van der Waals surface area contributed by atoms with Crippen molar-refractivity contribution in [2.75, 3.05) is 11.9 Å². The van der Waals surface area contributed by atoms with Gasteiger partial charge < -0.3 is 10.1 Å². The first-order valence-electron chi connectivity index (χ1n) is 7.97. The SMILES string of the molecule is CC(C)[C@H](NS(=O)(=O)c1cccs1)C(=O)OCC(=O)Nc1ccccc1F. The highest BCUT2D eigenvalue weighted by molar-refractivity contribution is 7.91. The van der Waals surface area contributed by atoms with E-state index in [9.17, 15) is 22.4 Å². The molecule has 1 amide bonds. The fraction of sp³-hybridized carbons (Fsp3) is 0.294. The van der Waals surface area contributed by atoms with Crippen molar-refractivity contribution in [2.24, 2.45) is 5.92 Å². The van der Waals surface area contributed by atoms with Gasteiger partial charge in [0.1, 0.15) is 16.1 Å². The number of nitrogens with one attached hydrogen (secondary N) is 2. The molecule has 2 rings (SSSR count). The number of benzene rings is 1. The third-order valence-corrected chi connectivity index (χ3v) is 6.29. The Balaban J connectivity index is 1.97. The molecule has 0 aliphatic rings. The van der Waals surface area contributed by atoms with Gasteiger partial charge in [-0.05, 0) is 29.5 Å². The molecule has 0 aliphatic heterocycles. The van der Waals surface area contributed by atoms with Crippen LogP contribution in [-0.4, -0.2) is 32.9 Å². The summed E-state index contributed by atoms with van der Waals surface area (Å²) in [5.41, 5.74) is -0.0441. The molecule has 0 spiro atoms. The molecule has 2 N–H and O–H groups in total. The van der Waals surface area contributed by atoms with Crippen molar-refractivity contribution in [3.63, 3.8) is 0 Å². The molecule has 0 fully saturated rings. The van der Waals surface area contributed by atoms with Gasteiger partial charge in [0, 0.05) is 0 Å². The van der Waals surface area contributed by atoms with E-state index in [0.29, 0.717) is 0 Å². The van der Waals surface area contributed by atoms with Crippen molar-refractivity contribution in [1.29, 1.82) is 0 Å². The molecule has 146 valence electrons. The van der Waals surface area contributed by atoms with Crippen LogP contribution in [0.15, 0.2) is 46.0 Å². The molecule has 1 aromatic carbocycles. The van der Waals surface area contributed by atoms with E-state index in [1.165, 1.54) is 24.3 Å². The number of halogens is 1. The number of hydrogen-bond donors (Lipinski definition) is 2. The zero-order valence-corrected chi connectivity index (χ0v) is 16.3. The maximum atomic E-state index is 13.5. The summed E-state index contributed by atoms with van der Waals surface area (Å²) in [4.78, 5) is 24.1. The number of thiophene rings is 1. The normalized spacial score (nSPS) is 12.6. The molecule has 1 aromatic heterocycles. The largest absolute Gasteiger partial charge is 0.454 e. The molecule has 27 heavy (non-hydrogen) atoms. The number of esters is 1. The summed E-state index contributed by atoms with van der Waals surface area (Å²) in [6.45, 7) is 2.61. The summed E-state index contributed by atoms with van der Waals surface area (Å²) >= 11 is 1.01. The fourth-order valence-electron chi connectivity index (χ4n) is 2.07. The van der Waals surface area contributed by atoms with Gasteiger partial charge in [-0.1, -0.05) is 32.0 Å². The highest BCUT2D eigenvalue weighted by atomic mass is 32.2. The lowest BCUT2D eigenvalue weighted by Crippen LogP contribution is -2.45. The number of para-hydroxylation sites is 1. The number of hydrogen-bond acceptors (Lipinski definition) is 6. The Hall–Kier alpha value is -2.30. The lowest BCUT2D eigenvalue weighted by molar-refractivity contribution is -0.150. The molecule has 0 bridgehead atoms. The standard InChI is InChI=1S/C17H19FN2O5S2/c1-11(2)16(20-27(23,24)15-8-5-9-26-15)17(22)25-10-14(21)19-13-7-4-3-6-12(13)18/h3-9,11,16,20H,10H2,1-2H3,(H,19,21)/t16-/m0/s1. The summed E-state index contributed by atoms with van der Waals surface area (Å²) in [6.07, 6.45) is 0. The number of rotatable bonds is 8. The molecule has 0 unspecified atom stereocenters. The molecule has 0 saturated heterocycles. The van der Waals surface area contributed by atoms with Crippen LogP contribution in [0, 0.1) is 11.7 Å². The molecule has 1 atom stereocenters. The van der Waals surface area contributed by atoms with Crippen LogP contribution in [0.1, 0.15) is 13.8 Å². The predicted octanol–water partition coefficient (Wildman–Crippen LogP) is 2.37. The molecule has 7 nitrogen and oxygen atoms in total. The predicted molar refractivity (Wildman–Crippen MR) is 99.3 cm³/mol. The highest BCUT2D eigenvalue weighted by Gasteiger charge is 2.30. The summed E-state index contributed by atoms with van der Waals surface area (Å²) in [5, 5.41) is 3.88. The second-order valence-electron chi connectivity index (χ2n) is 5.91. The number of carbonyl (C=O) groups excluding carboxylic acids is 2. The quantitative estimate of drug-likeness (QED) is 0.646. The third-order valence-electron chi connectivity index (χ3n) is 3.46. The molecule has 2 aromatic rings. The maximum Gasteiger partial charge on any atom is 0.324 e. The van der Waals surface area contributed by atoms with Crippen LogP contribution < -0.4 is 10.0 Å². The molecular formula is C17H19FN2O5S2. The lowest BCUT2D eigenvalue weighted by atomic mass is 10.1. The Morgan fingerprint density at radius 1 is 1.19 bits per heavy atom. The minimum Gasteiger partial charge on any atom is -0.454 e. The van der Waals surface area contributed by atoms with Crippen molar-refractivity contribution in [2.45, 2.75) is 24.1 Å². The maximum absolute atomic E-state index is 13.5. The van der Waals surface area contributed by atoms with Crippen LogP contribution in [0.4, 0.5) is 10.1 Å². The van der Waals surface area contributed by atoms with E-state index >= 15 is 0 Å². The Kier molecular flexibility index (Phi) is 7.05. The second kappa shape index (κ2) is 9.07. The Morgan fingerprint density at radius 2 is 1.89 bits per heavy atom. The van der Waals surface area contributed by atoms with E-state index in [-0.39, 0.29) is 9.90 Å². The van der Waals surface area contributed by atoms with Crippen molar-refractivity contribution in [1.82, 2.24) is 4.72 Å². The average Bonchev–Trinajstić information content (AvgIpc) is 3.15. The molecular weight excluding hydrogens is 395 g/mol. The van der Waals surface area contributed by atoms with Crippen LogP contribution in [-0.2, 0) is 24.3 Å². The zero-order valence-electron chi connectivity index (χ0n) is 14.6. The molecule has 0 saturated carbocycles. The van der Waals surface area contributed by atoms with Crippen molar-refractivity contribution in [3.8, 4) is 0 Å². The van der Waals surface area contributed by atoms with Gasteiger partial charge in [0.25, 0.3) is 15.9 Å². The van der Waals surface area contributed by atoms with Gasteiger partial charge in [-0.25, -0.2) is 12.8 Å². The number of anilines is 1. The summed E-state index contributed by atoms with van der Waals surface area (Å²) in [5.74, 6) is -2.67. The van der Waals surface area contributed by atoms with Crippen LogP contribution >= 0.6 is 11.3 Å². The topological polar surface area (TPSA) is 102 Å². The summed E-state index contributed by atoms with van der Waals surface area (Å²) in [7, 11) is -3.88. The first kappa shape index (κ1) is 21.0. The van der Waals surface area contributed by atoms with Gasteiger partial charge in [0.15, 0.2) is 6.61 Å². The third kappa shape index (κ3) is 5.84. The number of amides is 1. The van der Waals surface area contributed by atoms with Gasteiger partial charge in [-0.2, -0.15) is 4.72 Å². The first-order chi connectivity index (χ1) is 12.7. The lowest BCUT2D eigenvalue weighted by Gasteiger charge is -2.20. The average molecular weight is 414 g/mol. The smallest absolute Gasteiger partial charge is 0.324 e. The van der Waals surface area contributed by atoms with Crippen molar-refractivity contribution >= 4 is 38.9 Å². The minimum absolute atomic E-state index is 0.0441. The Bertz CT molecular complexity index is 898. The second-order valence-corrected chi connectivity index (χ2v) is 8.80. The van der Waals surface area contributed by atoms with Crippen LogP contribution in [0.3, 0.4) is 0 Å². The molecule has 0 radical (unpaired) electrons. The molecule has 1 heterocycles. The molecule has 10 heteroatoms. The van der Waals surface area contributed by atoms with Crippen molar-refractivity contribution < 1.29 is 27.1 Å². The van der Waals surface area contributed by atoms with E-state index in [1.54, 1.807) is 31.4 Å². The zero-order chi connectivity index (χ0) is 20.0. The molecule has 0 aliphatic carbocycles. The van der Waals surface area contributed by atoms with Gasteiger partial charge >= 0.3 is 5.97 Å². The van der Waals surface area contributed by atoms with Gasteiger partial charge in [0.05, 0.1) is 5.69 Å². The Labute approximate surface area is 160 Å². The van der Waals surface area contributed by atoms with Gasteiger partial charge in [-0.15, -0.1) is 11.3 Å². The minimum atomic E-state index is -3.88. The van der Waals surface area contributed by atoms with Crippen molar-refractivity contribution in [3.05, 3.63) is 47.6 Å². The van der Waals surface area contributed by atoms with Crippen LogP contribution in [0.2, 0.25) is 0 Å². The van der Waals surface area contributed by atoms with E-state index < -0.39 is 46.3 Å². The number of ether oxygens (including phenoxy) is 1. The first-order valence-corrected chi connectivity index (χ1v) is 10.3. The number of carbonyl (C=O) groups is 2. The van der Waals surface area contributed by atoms with Gasteiger partial charge in [-0.3, -0.25) is 9.59 Å². The summed E-state index contributed by atoms with van der Waals surface area (Å²) in [6, 6.07) is 7.37. The highest BCUT2D eigenvalue weighted by Crippen LogP contribution is 2.18. The fourth-order valence-corrected chi connectivity index (χ4v) is 4.42. The van der Waals surface area contributed by atoms with Gasteiger partial charge in [0.2, 0.25) is 0 Å². The van der Waals surface area contributed by atoms with E-state index in [2.05, 4.69) is 10.0 Å². The summed E-state index contributed by atoms with van der Waals surface area (Å²) < 4.78 is 45.4. The Morgan fingerprint density at radius 3 is 2.48 bits per heavy atom. The van der Waals surface area contributed by atoms with E-state index in [0.717, 1.165) is 11.3 Å². The monoisotopic (exact) mass is 414 g/mol.